The number of carbonyl (C=O) groups is 2. The molecule has 1 heterocycles. The van der Waals surface area contributed by atoms with Crippen molar-refractivity contribution >= 4 is 17.6 Å². The molecule has 1 aliphatic heterocycles. The quantitative estimate of drug-likeness (QED) is 0.753. The molecule has 0 spiro atoms. The number of anilines is 1. The summed E-state index contributed by atoms with van der Waals surface area (Å²) in [5.74, 6) is -1.01. The number of carboxylic acids is 1. The lowest BCUT2D eigenvalue weighted by Crippen LogP contribution is -2.17. The smallest absolute Gasteiger partial charge is 0.339 e. The molecule has 5 heteroatoms. The van der Waals surface area contributed by atoms with Crippen LogP contribution in [0.2, 0.25) is 0 Å². The third-order valence-electron chi connectivity index (χ3n) is 2.31. The number of benzene rings is 1. The number of fused-ring (bicyclic) bond motifs is 1. The van der Waals surface area contributed by atoms with Crippen LogP contribution in [-0.2, 0) is 4.79 Å². The maximum atomic E-state index is 11.4. The molecule has 0 saturated heterocycles. The Morgan fingerprint density at radius 2 is 2.31 bits per heavy atom. The van der Waals surface area contributed by atoms with Crippen LogP contribution in [0, 0.1) is 0 Å². The number of hydrogen-bond donors (Lipinski definition) is 2. The number of amides is 1. The number of para-hydroxylation sites is 1. The van der Waals surface area contributed by atoms with Crippen molar-refractivity contribution in [3.8, 4) is 5.75 Å². The van der Waals surface area contributed by atoms with Crippen molar-refractivity contribution in [1.82, 2.24) is 0 Å². The van der Waals surface area contributed by atoms with E-state index in [4.69, 9.17) is 9.84 Å². The summed E-state index contributed by atoms with van der Waals surface area (Å²) in [6.07, 6.45) is -0.116. The molecule has 0 radical (unpaired) electrons. The maximum Gasteiger partial charge on any atom is 0.339 e. The summed E-state index contributed by atoms with van der Waals surface area (Å²) in [4.78, 5) is 22.4. The van der Waals surface area contributed by atoms with E-state index in [9.17, 15) is 9.59 Å². The highest BCUT2D eigenvalue weighted by atomic mass is 16.5. The molecule has 2 N–H and O–H groups in total. The average molecular weight is 221 g/mol. The molecule has 16 heavy (non-hydrogen) atoms. The monoisotopic (exact) mass is 221 g/mol. The minimum Gasteiger partial charge on any atom is -0.487 e. The zero-order valence-corrected chi connectivity index (χ0v) is 8.69. The van der Waals surface area contributed by atoms with Gasteiger partial charge in [0.15, 0.2) is 5.75 Å². The number of nitrogens with one attached hydrogen (secondary N) is 1. The molecule has 0 fully saturated rings. The van der Waals surface area contributed by atoms with Crippen molar-refractivity contribution in [2.45, 2.75) is 19.4 Å². The van der Waals surface area contributed by atoms with Gasteiger partial charge in [-0.1, -0.05) is 6.07 Å². The van der Waals surface area contributed by atoms with E-state index in [0.717, 1.165) is 0 Å². The topological polar surface area (TPSA) is 75.6 Å². The lowest BCUT2D eigenvalue weighted by atomic mass is 10.1. The van der Waals surface area contributed by atoms with Gasteiger partial charge in [0, 0.05) is 0 Å². The van der Waals surface area contributed by atoms with Crippen molar-refractivity contribution < 1.29 is 19.4 Å². The average Bonchev–Trinajstić information content (AvgIpc) is 2.33. The minimum absolute atomic E-state index is 0.0616. The van der Waals surface area contributed by atoms with Crippen LogP contribution in [0.5, 0.6) is 5.75 Å². The molecule has 1 unspecified atom stereocenters. The Bertz CT molecular complexity index is 455. The lowest BCUT2D eigenvalue weighted by molar-refractivity contribution is -0.117. The van der Waals surface area contributed by atoms with Gasteiger partial charge in [-0.25, -0.2) is 4.79 Å². The predicted octanol–water partition coefficient (Wildman–Crippen LogP) is 1.49. The SMILES string of the molecule is CC1CC(=O)Nc2cccc(C(=O)O)c2O1. The Balaban J connectivity index is 2.52. The van der Waals surface area contributed by atoms with Crippen LogP contribution in [0.3, 0.4) is 0 Å². The van der Waals surface area contributed by atoms with Gasteiger partial charge in [-0.3, -0.25) is 4.79 Å². The van der Waals surface area contributed by atoms with E-state index in [1.165, 1.54) is 6.07 Å². The molecule has 5 nitrogen and oxygen atoms in total. The molecule has 0 aliphatic carbocycles. The molecule has 0 aromatic heterocycles. The third kappa shape index (κ3) is 1.84. The van der Waals surface area contributed by atoms with Gasteiger partial charge in [-0.15, -0.1) is 0 Å². The number of ether oxygens (including phenoxy) is 1. The Kier molecular flexibility index (Phi) is 2.52. The molecule has 84 valence electrons. The highest BCUT2D eigenvalue weighted by Gasteiger charge is 2.23. The summed E-state index contributed by atoms with van der Waals surface area (Å²) >= 11 is 0. The molecule has 1 atom stereocenters. The molecule has 1 amide bonds. The second-order valence-corrected chi connectivity index (χ2v) is 3.67. The van der Waals surface area contributed by atoms with E-state index in [1.807, 2.05) is 0 Å². The zero-order chi connectivity index (χ0) is 11.7. The number of carboxylic acid groups (broad SMARTS) is 1. The molecule has 1 aromatic carbocycles. The summed E-state index contributed by atoms with van der Waals surface area (Å²) in [6.45, 7) is 1.73. The number of rotatable bonds is 1. The molecular weight excluding hydrogens is 210 g/mol. The third-order valence-corrected chi connectivity index (χ3v) is 2.31. The van der Waals surface area contributed by atoms with Crippen molar-refractivity contribution in [3.05, 3.63) is 23.8 Å². The fourth-order valence-corrected chi connectivity index (χ4v) is 1.64. The summed E-state index contributed by atoms with van der Waals surface area (Å²) in [5.41, 5.74) is 0.473. The van der Waals surface area contributed by atoms with Gasteiger partial charge in [0.25, 0.3) is 0 Å². The van der Waals surface area contributed by atoms with Crippen LogP contribution < -0.4 is 10.1 Å². The van der Waals surface area contributed by atoms with Gasteiger partial charge >= 0.3 is 5.97 Å². The first-order valence-electron chi connectivity index (χ1n) is 4.90. The standard InChI is InChI=1S/C11H11NO4/c1-6-5-9(13)12-8-4-2-3-7(11(14)15)10(8)16-6/h2-4,6H,5H2,1H3,(H,12,13)(H,14,15). The summed E-state index contributed by atoms with van der Waals surface area (Å²) in [7, 11) is 0. The van der Waals surface area contributed by atoms with Gasteiger partial charge in [0.2, 0.25) is 5.91 Å². The van der Waals surface area contributed by atoms with Gasteiger partial charge < -0.3 is 15.2 Å². The first-order chi connectivity index (χ1) is 7.58. The fraction of sp³-hybridized carbons (Fsp3) is 0.273. The van der Waals surface area contributed by atoms with Crippen LogP contribution in [0.1, 0.15) is 23.7 Å². The first-order valence-corrected chi connectivity index (χ1v) is 4.90. The summed E-state index contributed by atoms with van der Waals surface area (Å²) in [5, 5.41) is 11.6. The van der Waals surface area contributed by atoms with Crippen LogP contribution >= 0.6 is 0 Å². The predicted molar refractivity (Wildman–Crippen MR) is 56.7 cm³/mol. The second-order valence-electron chi connectivity index (χ2n) is 3.67. The molecular formula is C11H11NO4. The zero-order valence-electron chi connectivity index (χ0n) is 8.69. The number of carbonyl (C=O) groups excluding carboxylic acids is 1. The van der Waals surface area contributed by atoms with Crippen LogP contribution in [0.4, 0.5) is 5.69 Å². The van der Waals surface area contributed by atoms with Crippen molar-refractivity contribution in [3.63, 3.8) is 0 Å². The largest absolute Gasteiger partial charge is 0.487 e. The van der Waals surface area contributed by atoms with E-state index in [2.05, 4.69) is 5.32 Å². The summed E-state index contributed by atoms with van der Waals surface area (Å²) < 4.78 is 5.46. The summed E-state index contributed by atoms with van der Waals surface area (Å²) in [6, 6.07) is 4.64. The van der Waals surface area contributed by atoms with Gasteiger partial charge in [0.1, 0.15) is 11.7 Å². The molecule has 0 bridgehead atoms. The van der Waals surface area contributed by atoms with E-state index in [1.54, 1.807) is 19.1 Å². The fourth-order valence-electron chi connectivity index (χ4n) is 1.64. The van der Waals surface area contributed by atoms with E-state index in [-0.39, 0.29) is 29.7 Å². The highest BCUT2D eigenvalue weighted by molar-refractivity contribution is 5.98. The molecule has 0 saturated carbocycles. The maximum absolute atomic E-state index is 11.4. The highest BCUT2D eigenvalue weighted by Crippen LogP contribution is 2.32. The minimum atomic E-state index is -1.07. The van der Waals surface area contributed by atoms with Crippen molar-refractivity contribution in [1.29, 1.82) is 0 Å². The molecule has 1 aromatic rings. The van der Waals surface area contributed by atoms with Gasteiger partial charge in [-0.05, 0) is 19.1 Å². The second kappa shape index (κ2) is 3.84. The van der Waals surface area contributed by atoms with Crippen LogP contribution in [-0.4, -0.2) is 23.1 Å². The van der Waals surface area contributed by atoms with Crippen LogP contribution in [0.25, 0.3) is 0 Å². The Morgan fingerprint density at radius 1 is 1.56 bits per heavy atom. The van der Waals surface area contributed by atoms with E-state index in [0.29, 0.717) is 5.69 Å². The Morgan fingerprint density at radius 3 is 3.00 bits per heavy atom. The Hall–Kier alpha value is -2.04. The molecule has 2 rings (SSSR count). The van der Waals surface area contributed by atoms with Gasteiger partial charge in [-0.2, -0.15) is 0 Å². The lowest BCUT2D eigenvalue weighted by Gasteiger charge is -2.13. The van der Waals surface area contributed by atoms with E-state index >= 15 is 0 Å². The van der Waals surface area contributed by atoms with E-state index < -0.39 is 5.97 Å². The van der Waals surface area contributed by atoms with Crippen LogP contribution in [0.15, 0.2) is 18.2 Å². The number of hydrogen-bond acceptors (Lipinski definition) is 3. The van der Waals surface area contributed by atoms with Crippen molar-refractivity contribution in [2.75, 3.05) is 5.32 Å². The van der Waals surface area contributed by atoms with Crippen molar-refractivity contribution in [2.24, 2.45) is 0 Å². The Labute approximate surface area is 92.0 Å². The molecule has 1 aliphatic rings. The number of aromatic carboxylic acids is 1. The first kappa shape index (κ1) is 10.5. The van der Waals surface area contributed by atoms with Gasteiger partial charge in [0.05, 0.1) is 12.1 Å². The normalized spacial score (nSPS) is 19.1.